The van der Waals surface area contributed by atoms with Crippen LogP contribution in [0.4, 0.5) is 5.69 Å². The maximum atomic E-state index is 11.6. The Morgan fingerprint density at radius 1 is 0.943 bits per heavy atom. The van der Waals surface area contributed by atoms with Gasteiger partial charge in [0.25, 0.3) is 5.91 Å². The van der Waals surface area contributed by atoms with Crippen molar-refractivity contribution in [1.29, 1.82) is 0 Å². The number of ether oxygens (including phenoxy) is 4. The van der Waals surface area contributed by atoms with Crippen molar-refractivity contribution in [1.82, 2.24) is 9.88 Å². The molecule has 184 valence electrons. The number of piperidine rings is 1. The first kappa shape index (κ1) is 23.2. The number of carbonyl (C=O) groups excluding carboxylic acids is 1. The van der Waals surface area contributed by atoms with Crippen molar-refractivity contribution in [3.8, 4) is 23.0 Å². The molecule has 1 amide bonds. The first-order valence-corrected chi connectivity index (χ1v) is 12.0. The van der Waals surface area contributed by atoms with Gasteiger partial charge in [-0.1, -0.05) is 0 Å². The average Bonchev–Trinajstić information content (AvgIpc) is 2.88. The number of hydrogen-bond acceptors (Lipinski definition) is 7. The van der Waals surface area contributed by atoms with Crippen molar-refractivity contribution in [3.63, 3.8) is 0 Å². The van der Waals surface area contributed by atoms with Gasteiger partial charge in [-0.3, -0.25) is 9.78 Å². The van der Waals surface area contributed by atoms with Crippen LogP contribution in [0.2, 0.25) is 0 Å². The van der Waals surface area contributed by atoms with Gasteiger partial charge < -0.3 is 28.7 Å². The van der Waals surface area contributed by atoms with Crippen molar-refractivity contribution in [2.24, 2.45) is 0 Å². The molecule has 0 unspecified atom stereocenters. The summed E-state index contributed by atoms with van der Waals surface area (Å²) in [7, 11) is 3.90. The Bertz CT molecular complexity index is 1220. The molecule has 4 heterocycles. The highest BCUT2D eigenvalue weighted by molar-refractivity contribution is 5.97. The zero-order valence-electron chi connectivity index (χ0n) is 20.5. The van der Waals surface area contributed by atoms with Crippen molar-refractivity contribution in [2.45, 2.75) is 25.9 Å². The summed E-state index contributed by atoms with van der Waals surface area (Å²) >= 11 is 0. The van der Waals surface area contributed by atoms with Crippen molar-refractivity contribution >= 4 is 22.5 Å². The Hall–Kier alpha value is -3.52. The van der Waals surface area contributed by atoms with Crippen LogP contribution in [0.3, 0.4) is 0 Å². The molecule has 8 heteroatoms. The number of likely N-dealkylation sites (N-methyl/N-ethyl adjacent to an activating group) is 1. The Morgan fingerprint density at radius 2 is 1.71 bits per heavy atom. The zero-order chi connectivity index (χ0) is 24.4. The number of aromatic nitrogens is 1. The van der Waals surface area contributed by atoms with E-state index in [9.17, 15) is 4.79 Å². The molecule has 35 heavy (non-hydrogen) atoms. The topological polar surface area (TPSA) is 73.4 Å². The lowest BCUT2D eigenvalue weighted by Gasteiger charge is -2.30. The van der Waals surface area contributed by atoms with Gasteiger partial charge in [0.2, 0.25) is 0 Å². The van der Waals surface area contributed by atoms with E-state index in [4.69, 9.17) is 18.9 Å². The predicted octanol–water partition coefficient (Wildman–Crippen LogP) is 3.83. The van der Waals surface area contributed by atoms with Gasteiger partial charge in [-0.05, 0) is 63.2 Å². The minimum atomic E-state index is -0.0334. The number of hydrogen-bond donors (Lipinski definition) is 0. The third-order valence-electron chi connectivity index (χ3n) is 6.50. The molecule has 3 aromatic rings. The van der Waals surface area contributed by atoms with Crippen LogP contribution in [0.5, 0.6) is 23.0 Å². The Balaban J connectivity index is 0.000000151. The summed E-state index contributed by atoms with van der Waals surface area (Å²) < 4.78 is 22.6. The third kappa shape index (κ3) is 5.12. The number of likely N-dealkylation sites (tertiary alicyclic amines) is 1. The van der Waals surface area contributed by atoms with E-state index in [1.807, 2.05) is 49.4 Å². The molecule has 3 aliphatic heterocycles. The highest BCUT2D eigenvalue weighted by atomic mass is 16.6. The van der Waals surface area contributed by atoms with E-state index in [-0.39, 0.29) is 18.6 Å². The number of anilines is 1. The van der Waals surface area contributed by atoms with Gasteiger partial charge in [-0.15, -0.1) is 0 Å². The fraction of sp³-hybridized carbons (Fsp3) is 0.407. The molecule has 1 aromatic heterocycles. The number of aryl methyl sites for hydroxylation is 1. The predicted molar refractivity (Wildman–Crippen MR) is 134 cm³/mol. The van der Waals surface area contributed by atoms with Crippen LogP contribution in [0.25, 0.3) is 10.9 Å². The molecule has 0 saturated carbocycles. The largest absolute Gasteiger partial charge is 0.490 e. The van der Waals surface area contributed by atoms with E-state index in [2.05, 4.69) is 16.9 Å². The second-order valence-electron chi connectivity index (χ2n) is 9.10. The molecular weight excluding hydrogens is 446 g/mol. The Kier molecular flexibility index (Phi) is 6.63. The summed E-state index contributed by atoms with van der Waals surface area (Å²) in [5, 5.41) is 1.03. The van der Waals surface area contributed by atoms with E-state index in [0.717, 1.165) is 71.2 Å². The second-order valence-corrected chi connectivity index (χ2v) is 9.10. The molecule has 0 aliphatic carbocycles. The molecule has 1 fully saturated rings. The number of pyridine rings is 1. The fourth-order valence-corrected chi connectivity index (χ4v) is 4.44. The number of rotatable bonds is 2. The summed E-state index contributed by atoms with van der Waals surface area (Å²) in [5.74, 6) is 3.16. The molecule has 8 nitrogen and oxygen atoms in total. The Morgan fingerprint density at radius 3 is 2.54 bits per heavy atom. The highest BCUT2D eigenvalue weighted by Crippen LogP contribution is 2.37. The van der Waals surface area contributed by atoms with Gasteiger partial charge in [0, 0.05) is 37.3 Å². The lowest BCUT2D eigenvalue weighted by molar-refractivity contribution is -0.120. The summed E-state index contributed by atoms with van der Waals surface area (Å²) in [4.78, 5) is 20.0. The van der Waals surface area contributed by atoms with E-state index in [0.29, 0.717) is 13.2 Å². The number of amides is 1. The normalized spacial score (nSPS) is 17.8. The summed E-state index contributed by atoms with van der Waals surface area (Å²) in [6.45, 7) is 5.46. The minimum absolute atomic E-state index is 0.0334. The van der Waals surface area contributed by atoms with Crippen molar-refractivity contribution in [3.05, 3.63) is 48.2 Å². The Labute approximate surface area is 205 Å². The molecule has 0 spiro atoms. The summed E-state index contributed by atoms with van der Waals surface area (Å²) in [6.07, 6.45) is 2.34. The van der Waals surface area contributed by atoms with Crippen LogP contribution >= 0.6 is 0 Å². The SMILES string of the molecule is CN1CCC(Oc2ccc3c(c2)N(C)C(=O)CO3)CC1.Cc1ccc2c3c(ccc2n1)OCCO3. The molecular formula is C27H31N3O5. The van der Waals surface area contributed by atoms with Crippen LogP contribution in [0.1, 0.15) is 18.5 Å². The van der Waals surface area contributed by atoms with Crippen LogP contribution in [0, 0.1) is 6.92 Å². The number of fused-ring (bicyclic) bond motifs is 4. The van der Waals surface area contributed by atoms with E-state index < -0.39 is 0 Å². The lowest BCUT2D eigenvalue weighted by atomic mass is 10.1. The number of nitrogens with zero attached hydrogens (tertiary/aromatic N) is 3. The van der Waals surface area contributed by atoms with E-state index >= 15 is 0 Å². The fourth-order valence-electron chi connectivity index (χ4n) is 4.44. The molecule has 1 saturated heterocycles. The molecule has 3 aliphatic rings. The molecule has 2 aromatic carbocycles. The monoisotopic (exact) mass is 477 g/mol. The molecule has 0 bridgehead atoms. The number of benzene rings is 2. The van der Waals surface area contributed by atoms with Gasteiger partial charge in [0.1, 0.15) is 30.8 Å². The lowest BCUT2D eigenvalue weighted by Crippen LogP contribution is -2.36. The second kappa shape index (κ2) is 10.00. The van der Waals surface area contributed by atoms with Gasteiger partial charge in [0.15, 0.2) is 18.1 Å². The summed E-state index contributed by atoms with van der Waals surface area (Å²) in [6, 6.07) is 13.6. The standard InChI is InChI=1S/C15H20N2O3.C12H11NO2/c1-16-7-5-11(6-8-16)20-12-3-4-14-13(9-12)17(2)15(18)10-19-14;1-8-2-3-9-10(13-8)4-5-11-12(9)15-7-6-14-11/h3-4,9,11H,5-8,10H2,1-2H3;2-5H,6-7H2,1H3. The maximum Gasteiger partial charge on any atom is 0.264 e. The molecule has 0 N–H and O–H groups in total. The highest BCUT2D eigenvalue weighted by Gasteiger charge is 2.24. The first-order chi connectivity index (χ1) is 17.0. The quantitative estimate of drug-likeness (QED) is 0.555. The van der Waals surface area contributed by atoms with Crippen molar-refractivity contribution < 1.29 is 23.7 Å². The molecule has 0 atom stereocenters. The van der Waals surface area contributed by atoms with Crippen LogP contribution < -0.4 is 23.8 Å². The summed E-state index contributed by atoms with van der Waals surface area (Å²) in [5.41, 5.74) is 2.75. The third-order valence-corrected chi connectivity index (χ3v) is 6.50. The van der Waals surface area contributed by atoms with Gasteiger partial charge in [0.05, 0.1) is 11.2 Å². The first-order valence-electron chi connectivity index (χ1n) is 12.0. The van der Waals surface area contributed by atoms with Crippen LogP contribution in [-0.2, 0) is 4.79 Å². The molecule has 6 rings (SSSR count). The van der Waals surface area contributed by atoms with Crippen LogP contribution in [-0.4, -0.2) is 68.9 Å². The smallest absolute Gasteiger partial charge is 0.264 e. The average molecular weight is 478 g/mol. The van der Waals surface area contributed by atoms with E-state index in [1.165, 1.54) is 0 Å². The van der Waals surface area contributed by atoms with Crippen molar-refractivity contribution in [2.75, 3.05) is 51.9 Å². The number of carbonyl (C=O) groups is 1. The van der Waals surface area contributed by atoms with Gasteiger partial charge in [-0.2, -0.15) is 0 Å². The van der Waals surface area contributed by atoms with Gasteiger partial charge in [-0.25, -0.2) is 0 Å². The van der Waals surface area contributed by atoms with Crippen LogP contribution in [0.15, 0.2) is 42.5 Å². The molecule has 0 radical (unpaired) electrons. The van der Waals surface area contributed by atoms with Gasteiger partial charge >= 0.3 is 0 Å². The zero-order valence-corrected chi connectivity index (χ0v) is 20.5. The maximum absolute atomic E-state index is 11.6. The minimum Gasteiger partial charge on any atom is -0.490 e. The van der Waals surface area contributed by atoms with E-state index in [1.54, 1.807) is 11.9 Å².